The number of aromatic nitrogens is 3. The molecule has 1 atom stereocenters. The third kappa shape index (κ3) is 3.78. The lowest BCUT2D eigenvalue weighted by Crippen LogP contribution is -2.20. The zero-order valence-electron chi connectivity index (χ0n) is 12.4. The number of nitrogens with zero attached hydrogens (tertiary/aromatic N) is 4. The van der Waals surface area contributed by atoms with Crippen LogP contribution in [0.4, 0.5) is 13.2 Å². The molecule has 1 fully saturated rings. The Balaban J connectivity index is 1.65. The predicted octanol–water partition coefficient (Wildman–Crippen LogP) is 2.95. The Kier molecular flexibility index (Phi) is 4.49. The van der Waals surface area contributed by atoms with Crippen molar-refractivity contribution in [2.75, 3.05) is 20.2 Å². The molecule has 0 bridgehead atoms. The van der Waals surface area contributed by atoms with Gasteiger partial charge in [0.1, 0.15) is 11.5 Å². The second-order valence-corrected chi connectivity index (χ2v) is 6.24. The normalized spacial score (nSPS) is 19.2. The quantitative estimate of drug-likeness (QED) is 0.854. The molecule has 0 aliphatic carbocycles. The Morgan fingerprint density at radius 1 is 1.43 bits per heavy atom. The van der Waals surface area contributed by atoms with Crippen molar-refractivity contribution in [1.29, 1.82) is 0 Å². The molecule has 0 amide bonds. The predicted molar refractivity (Wildman–Crippen MR) is 78.3 cm³/mol. The number of hydrogen-bond acceptors (Lipinski definition) is 6. The molecule has 2 aromatic rings. The number of methoxy groups -OCH3 is 1. The maximum atomic E-state index is 12.7. The van der Waals surface area contributed by atoms with Gasteiger partial charge in [0.15, 0.2) is 0 Å². The number of alkyl halides is 3. The molecule has 9 heteroatoms. The summed E-state index contributed by atoms with van der Waals surface area (Å²) in [5.41, 5.74) is -0.881. The Labute approximate surface area is 135 Å². The van der Waals surface area contributed by atoms with Crippen molar-refractivity contribution in [3.8, 4) is 5.88 Å². The van der Waals surface area contributed by atoms with E-state index in [1.54, 1.807) is 7.11 Å². The monoisotopic (exact) mass is 344 g/mol. The summed E-state index contributed by atoms with van der Waals surface area (Å²) in [6.07, 6.45) is -2.51. The highest BCUT2D eigenvalue weighted by Gasteiger charge is 2.34. The first-order valence-electron chi connectivity index (χ1n) is 7.08. The zero-order valence-corrected chi connectivity index (χ0v) is 13.2. The second-order valence-electron chi connectivity index (χ2n) is 5.35. The van der Waals surface area contributed by atoms with Crippen molar-refractivity contribution in [2.24, 2.45) is 0 Å². The van der Waals surface area contributed by atoms with Gasteiger partial charge in [-0.05, 0) is 30.6 Å². The average molecular weight is 344 g/mol. The lowest BCUT2D eigenvalue weighted by atomic mass is 10.1. The van der Waals surface area contributed by atoms with E-state index in [1.165, 1.54) is 17.7 Å². The highest BCUT2D eigenvalue weighted by molar-refractivity contribution is 7.05. The van der Waals surface area contributed by atoms with Gasteiger partial charge in [0.05, 0.1) is 7.11 Å². The fourth-order valence-corrected chi connectivity index (χ4v) is 3.33. The van der Waals surface area contributed by atoms with E-state index < -0.39 is 11.9 Å². The minimum absolute atomic E-state index is 0.0767. The number of likely N-dealkylation sites (tertiary alicyclic amines) is 1. The van der Waals surface area contributed by atoms with Gasteiger partial charge in [-0.3, -0.25) is 4.90 Å². The Morgan fingerprint density at radius 3 is 2.96 bits per heavy atom. The Bertz CT molecular complexity index is 676. The lowest BCUT2D eigenvalue weighted by Gasteiger charge is -2.14. The van der Waals surface area contributed by atoms with Crippen LogP contribution in [0.5, 0.6) is 5.88 Å². The lowest BCUT2D eigenvalue weighted by molar-refractivity contribution is -0.141. The number of hydrogen-bond donors (Lipinski definition) is 0. The van der Waals surface area contributed by atoms with E-state index >= 15 is 0 Å². The van der Waals surface area contributed by atoms with Gasteiger partial charge in [-0.1, -0.05) is 0 Å². The largest absolute Gasteiger partial charge is 0.480 e. The van der Waals surface area contributed by atoms with Gasteiger partial charge in [0, 0.05) is 36.1 Å². The molecule has 3 heterocycles. The highest BCUT2D eigenvalue weighted by atomic mass is 32.1. The minimum atomic E-state index is -4.44. The maximum Gasteiger partial charge on any atom is 0.433 e. The zero-order chi connectivity index (χ0) is 16.4. The molecule has 1 aliphatic heterocycles. The molecule has 0 spiro atoms. The van der Waals surface area contributed by atoms with Gasteiger partial charge in [-0.25, -0.2) is 9.97 Å². The summed E-state index contributed by atoms with van der Waals surface area (Å²) in [5.74, 6) is 0.776. The first-order valence-corrected chi connectivity index (χ1v) is 7.85. The summed E-state index contributed by atoms with van der Waals surface area (Å²) in [7, 11) is 1.57. The number of halogens is 3. The van der Waals surface area contributed by atoms with Crippen LogP contribution in [-0.2, 0) is 12.7 Å². The smallest absolute Gasteiger partial charge is 0.433 e. The molecule has 1 aliphatic rings. The summed E-state index contributed by atoms with van der Waals surface area (Å²) in [4.78, 5) is 10.9. The van der Waals surface area contributed by atoms with E-state index in [9.17, 15) is 13.2 Å². The van der Waals surface area contributed by atoms with Crippen LogP contribution in [-0.4, -0.2) is 39.4 Å². The van der Waals surface area contributed by atoms with E-state index in [0.29, 0.717) is 19.0 Å². The van der Waals surface area contributed by atoms with Gasteiger partial charge >= 0.3 is 6.18 Å². The molecule has 23 heavy (non-hydrogen) atoms. The van der Waals surface area contributed by atoms with Crippen LogP contribution in [0, 0.1) is 0 Å². The van der Waals surface area contributed by atoms with E-state index in [1.807, 2.05) is 6.07 Å². The van der Waals surface area contributed by atoms with Crippen LogP contribution >= 0.6 is 11.5 Å². The SMILES string of the molecule is COc1cc(CN2CCC(c3nccc(C(F)(F)F)n3)C2)sn1. The summed E-state index contributed by atoms with van der Waals surface area (Å²) < 4.78 is 47.4. The van der Waals surface area contributed by atoms with Crippen molar-refractivity contribution in [3.05, 3.63) is 34.7 Å². The average Bonchev–Trinajstić information content (AvgIpc) is 3.16. The maximum absolute atomic E-state index is 12.7. The van der Waals surface area contributed by atoms with Crippen molar-refractivity contribution in [1.82, 2.24) is 19.2 Å². The van der Waals surface area contributed by atoms with Crippen LogP contribution in [0.1, 0.15) is 28.7 Å². The Morgan fingerprint density at radius 2 is 2.26 bits per heavy atom. The molecular weight excluding hydrogens is 329 g/mol. The molecular formula is C14H15F3N4OS. The van der Waals surface area contributed by atoms with E-state index in [2.05, 4.69) is 19.2 Å². The first-order chi connectivity index (χ1) is 11.0. The summed E-state index contributed by atoms with van der Waals surface area (Å²) in [5, 5.41) is 0. The van der Waals surface area contributed by atoms with Gasteiger partial charge in [0.25, 0.3) is 0 Å². The molecule has 1 unspecified atom stereocenters. The second kappa shape index (κ2) is 6.40. The van der Waals surface area contributed by atoms with E-state index in [4.69, 9.17) is 4.74 Å². The molecule has 2 aromatic heterocycles. The van der Waals surface area contributed by atoms with Crippen molar-refractivity contribution in [2.45, 2.75) is 25.1 Å². The van der Waals surface area contributed by atoms with Crippen LogP contribution < -0.4 is 4.74 Å². The van der Waals surface area contributed by atoms with Crippen LogP contribution in [0.25, 0.3) is 0 Å². The summed E-state index contributed by atoms with van der Waals surface area (Å²) >= 11 is 1.37. The van der Waals surface area contributed by atoms with Crippen LogP contribution in [0.3, 0.4) is 0 Å². The molecule has 1 saturated heterocycles. The third-order valence-corrected chi connectivity index (χ3v) is 4.48. The standard InChI is InChI=1S/C14H15F3N4OS/c1-22-12-6-10(23-20-12)8-21-5-3-9(7-21)13-18-4-2-11(19-13)14(15,16)17/h2,4,6,9H,3,5,7-8H2,1H3. The first kappa shape index (κ1) is 16.1. The fourth-order valence-electron chi connectivity index (χ4n) is 2.60. The van der Waals surface area contributed by atoms with Crippen molar-refractivity contribution < 1.29 is 17.9 Å². The molecule has 0 aromatic carbocycles. The van der Waals surface area contributed by atoms with E-state index in [-0.39, 0.29) is 11.7 Å². The van der Waals surface area contributed by atoms with Gasteiger partial charge < -0.3 is 4.74 Å². The van der Waals surface area contributed by atoms with Gasteiger partial charge in [0.2, 0.25) is 5.88 Å². The molecule has 0 radical (unpaired) electrons. The van der Waals surface area contributed by atoms with Gasteiger partial charge in [-0.2, -0.15) is 17.5 Å². The molecule has 3 rings (SSSR count). The molecule has 0 saturated carbocycles. The van der Waals surface area contributed by atoms with Crippen LogP contribution in [0.15, 0.2) is 18.3 Å². The van der Waals surface area contributed by atoms with Gasteiger partial charge in [-0.15, -0.1) is 0 Å². The molecule has 5 nitrogen and oxygen atoms in total. The van der Waals surface area contributed by atoms with E-state index in [0.717, 1.165) is 23.9 Å². The fraction of sp³-hybridized carbons (Fsp3) is 0.500. The minimum Gasteiger partial charge on any atom is -0.480 e. The highest BCUT2D eigenvalue weighted by Crippen LogP contribution is 2.31. The Hall–Kier alpha value is -1.74. The van der Waals surface area contributed by atoms with Crippen LogP contribution in [0.2, 0.25) is 0 Å². The summed E-state index contributed by atoms with van der Waals surface area (Å²) in [6, 6.07) is 2.78. The topological polar surface area (TPSA) is 51.1 Å². The number of ether oxygens (including phenoxy) is 1. The summed E-state index contributed by atoms with van der Waals surface area (Å²) in [6.45, 7) is 2.14. The third-order valence-electron chi connectivity index (χ3n) is 3.73. The van der Waals surface area contributed by atoms with Crippen molar-refractivity contribution in [3.63, 3.8) is 0 Å². The molecule has 124 valence electrons. The molecule has 0 N–H and O–H groups in total. The number of rotatable bonds is 4. The van der Waals surface area contributed by atoms with Crippen molar-refractivity contribution >= 4 is 11.5 Å².